The molecule has 438 valence electrons. The van der Waals surface area contributed by atoms with Crippen LogP contribution >= 0.6 is 0 Å². The van der Waals surface area contributed by atoms with Gasteiger partial charge in [-0.15, -0.1) is 0 Å². The summed E-state index contributed by atoms with van der Waals surface area (Å²) in [4.78, 5) is 24.6. The molecule has 0 aromatic rings. The molecule has 0 aromatic carbocycles. The Balaban J connectivity index is 3.36. The Morgan fingerprint density at radius 2 is 0.689 bits per heavy atom. The Morgan fingerprint density at radius 3 is 1.07 bits per heavy atom. The molecule has 74 heavy (non-hydrogen) atoms. The Kier molecular flexibility index (Phi) is 62.4. The summed E-state index contributed by atoms with van der Waals surface area (Å²) in [6, 6.07) is -0.540. The lowest BCUT2D eigenvalue weighted by molar-refractivity contribution is -0.143. The first kappa shape index (κ1) is 72.3. The first-order valence-corrected chi connectivity index (χ1v) is 33.6. The monoisotopic (exact) mass is 1040 g/mol. The number of esters is 1. The number of aliphatic hydroxyl groups is 2. The van der Waals surface area contributed by atoms with Crippen molar-refractivity contribution < 1.29 is 24.5 Å². The molecule has 1 amide bonds. The van der Waals surface area contributed by atoms with Crippen LogP contribution in [0.15, 0.2) is 24.3 Å². The molecule has 6 nitrogen and oxygen atoms in total. The summed E-state index contributed by atoms with van der Waals surface area (Å²) >= 11 is 0. The fraction of sp³-hybridized carbons (Fsp3) is 0.912. The second kappa shape index (κ2) is 63.9. The van der Waals surface area contributed by atoms with E-state index in [-0.39, 0.29) is 18.5 Å². The highest BCUT2D eigenvalue weighted by atomic mass is 16.5. The molecular formula is C68H131NO5. The van der Waals surface area contributed by atoms with E-state index in [0.717, 1.165) is 51.4 Å². The molecule has 0 saturated carbocycles. The summed E-state index contributed by atoms with van der Waals surface area (Å²) in [6.07, 6.45) is 79.2. The highest BCUT2D eigenvalue weighted by Crippen LogP contribution is 2.19. The lowest BCUT2D eigenvalue weighted by Crippen LogP contribution is -2.45. The lowest BCUT2D eigenvalue weighted by Gasteiger charge is -2.22. The van der Waals surface area contributed by atoms with Crippen molar-refractivity contribution in [1.29, 1.82) is 0 Å². The predicted octanol–water partition coefficient (Wildman–Crippen LogP) is 21.4. The van der Waals surface area contributed by atoms with Crippen LogP contribution in [0.25, 0.3) is 0 Å². The summed E-state index contributed by atoms with van der Waals surface area (Å²) in [5.74, 6) is -0.0275. The van der Waals surface area contributed by atoms with Crippen molar-refractivity contribution in [2.45, 2.75) is 386 Å². The minimum atomic E-state index is -0.663. The number of amides is 1. The van der Waals surface area contributed by atoms with Crippen molar-refractivity contribution in [2.75, 3.05) is 13.2 Å². The standard InChI is InChI=1S/C68H131NO5/c1-3-5-7-9-11-13-15-17-19-20-30-33-36-40-44-48-52-56-60-66(71)65(64-70)69-67(72)61-57-53-49-45-41-37-34-31-28-26-24-22-21-23-25-27-29-32-35-39-43-47-51-55-59-63-74-68(73)62-58-54-50-46-42-38-18-16-14-12-10-8-6-4-2/h10,12,16,18,65-66,70-71H,3-9,11,13-15,17,19-64H2,1-2H3,(H,69,72)/b12-10-,18-16-. The number of unbranched alkanes of at least 4 members (excludes halogenated alkanes) is 48. The van der Waals surface area contributed by atoms with E-state index < -0.39 is 12.1 Å². The first-order valence-electron chi connectivity index (χ1n) is 33.6. The third-order valence-electron chi connectivity index (χ3n) is 15.8. The van der Waals surface area contributed by atoms with Gasteiger partial charge in [-0.3, -0.25) is 9.59 Å². The van der Waals surface area contributed by atoms with Crippen molar-refractivity contribution >= 4 is 11.9 Å². The fourth-order valence-electron chi connectivity index (χ4n) is 10.6. The molecule has 0 aromatic heterocycles. The molecule has 0 aliphatic heterocycles. The average Bonchev–Trinajstić information content (AvgIpc) is 3.40. The summed E-state index contributed by atoms with van der Waals surface area (Å²) in [5, 5.41) is 23.4. The quantitative estimate of drug-likeness (QED) is 0.0320. The predicted molar refractivity (Wildman–Crippen MR) is 324 cm³/mol. The third-order valence-corrected chi connectivity index (χ3v) is 15.8. The Morgan fingerprint density at radius 1 is 0.378 bits per heavy atom. The Hall–Kier alpha value is -1.66. The van der Waals surface area contributed by atoms with Gasteiger partial charge in [-0.25, -0.2) is 0 Å². The zero-order valence-electron chi connectivity index (χ0n) is 50.1. The minimum absolute atomic E-state index is 0.00236. The van der Waals surface area contributed by atoms with Crippen molar-refractivity contribution in [1.82, 2.24) is 5.32 Å². The maximum atomic E-state index is 12.5. The number of aliphatic hydroxyl groups excluding tert-OH is 2. The molecule has 0 aliphatic carbocycles. The first-order chi connectivity index (χ1) is 36.5. The van der Waals surface area contributed by atoms with E-state index in [1.54, 1.807) is 0 Å². The number of carbonyl (C=O) groups is 2. The number of ether oxygens (including phenoxy) is 1. The van der Waals surface area contributed by atoms with Crippen LogP contribution in [0.4, 0.5) is 0 Å². The summed E-state index contributed by atoms with van der Waals surface area (Å²) in [5.41, 5.74) is 0. The van der Waals surface area contributed by atoms with E-state index >= 15 is 0 Å². The molecular weight excluding hydrogens is 911 g/mol. The van der Waals surface area contributed by atoms with E-state index in [2.05, 4.69) is 43.5 Å². The van der Waals surface area contributed by atoms with Crippen molar-refractivity contribution in [2.24, 2.45) is 0 Å². The topological polar surface area (TPSA) is 95.9 Å². The van der Waals surface area contributed by atoms with Gasteiger partial charge in [0.1, 0.15) is 0 Å². The van der Waals surface area contributed by atoms with Gasteiger partial charge < -0.3 is 20.3 Å². The maximum Gasteiger partial charge on any atom is 0.305 e. The van der Waals surface area contributed by atoms with Gasteiger partial charge in [0.25, 0.3) is 0 Å². The minimum Gasteiger partial charge on any atom is -0.466 e. The van der Waals surface area contributed by atoms with Gasteiger partial charge in [-0.1, -0.05) is 334 Å². The van der Waals surface area contributed by atoms with E-state index in [4.69, 9.17) is 4.74 Å². The molecule has 6 heteroatoms. The van der Waals surface area contributed by atoms with Gasteiger partial charge in [-0.2, -0.15) is 0 Å². The smallest absolute Gasteiger partial charge is 0.305 e. The second-order valence-corrected chi connectivity index (χ2v) is 23.2. The van der Waals surface area contributed by atoms with E-state index in [0.29, 0.717) is 25.9 Å². The van der Waals surface area contributed by atoms with Crippen LogP contribution in [0.5, 0.6) is 0 Å². The number of rotatable bonds is 63. The molecule has 3 N–H and O–H groups in total. The lowest BCUT2D eigenvalue weighted by atomic mass is 10.0. The summed E-state index contributed by atoms with van der Waals surface area (Å²) in [7, 11) is 0. The van der Waals surface area contributed by atoms with Crippen LogP contribution in [0.2, 0.25) is 0 Å². The van der Waals surface area contributed by atoms with Gasteiger partial charge in [0.2, 0.25) is 5.91 Å². The molecule has 0 bridgehead atoms. The van der Waals surface area contributed by atoms with E-state index in [9.17, 15) is 19.8 Å². The largest absolute Gasteiger partial charge is 0.466 e. The molecule has 2 unspecified atom stereocenters. The van der Waals surface area contributed by atoms with E-state index in [1.807, 2.05) is 0 Å². The van der Waals surface area contributed by atoms with Gasteiger partial charge in [-0.05, 0) is 51.4 Å². The molecule has 0 fully saturated rings. The molecule has 0 saturated heterocycles. The number of allylic oxidation sites excluding steroid dienone is 4. The zero-order chi connectivity index (χ0) is 53.6. The van der Waals surface area contributed by atoms with Crippen LogP contribution in [-0.4, -0.2) is 47.4 Å². The molecule has 0 rings (SSSR count). The number of hydrogen-bond acceptors (Lipinski definition) is 5. The van der Waals surface area contributed by atoms with Crippen molar-refractivity contribution in [3.05, 3.63) is 24.3 Å². The number of hydrogen-bond donors (Lipinski definition) is 3. The highest BCUT2D eigenvalue weighted by Gasteiger charge is 2.20. The second-order valence-electron chi connectivity index (χ2n) is 23.2. The van der Waals surface area contributed by atoms with Gasteiger partial charge in [0, 0.05) is 12.8 Å². The fourth-order valence-corrected chi connectivity index (χ4v) is 10.6. The summed E-state index contributed by atoms with van der Waals surface area (Å²) in [6.45, 7) is 4.94. The Bertz CT molecular complexity index is 1150. The highest BCUT2D eigenvalue weighted by molar-refractivity contribution is 5.76. The molecule has 0 spiro atoms. The summed E-state index contributed by atoms with van der Waals surface area (Å²) < 4.78 is 5.48. The van der Waals surface area contributed by atoms with Crippen molar-refractivity contribution in [3.63, 3.8) is 0 Å². The van der Waals surface area contributed by atoms with Crippen LogP contribution in [0.3, 0.4) is 0 Å². The van der Waals surface area contributed by atoms with Gasteiger partial charge in [0.05, 0.1) is 25.4 Å². The molecule has 2 atom stereocenters. The molecule has 0 heterocycles. The van der Waals surface area contributed by atoms with Crippen LogP contribution in [0, 0.1) is 0 Å². The van der Waals surface area contributed by atoms with E-state index in [1.165, 1.54) is 289 Å². The third kappa shape index (κ3) is 59.6. The average molecular weight is 1040 g/mol. The van der Waals surface area contributed by atoms with Gasteiger partial charge in [0.15, 0.2) is 0 Å². The van der Waals surface area contributed by atoms with Crippen LogP contribution < -0.4 is 5.32 Å². The van der Waals surface area contributed by atoms with Crippen LogP contribution in [0.1, 0.15) is 373 Å². The number of carbonyl (C=O) groups excluding carboxylic acids is 2. The maximum absolute atomic E-state index is 12.5. The normalized spacial score (nSPS) is 12.6. The van der Waals surface area contributed by atoms with Crippen molar-refractivity contribution in [3.8, 4) is 0 Å². The zero-order valence-corrected chi connectivity index (χ0v) is 50.1. The van der Waals surface area contributed by atoms with Crippen LogP contribution in [-0.2, 0) is 14.3 Å². The SMILES string of the molecule is CCCC/C=C\C/C=C\CCCCCCCC(=O)OCCCCCCCCCCCCCCCCCCCCCCCCCCCC(=O)NC(CO)C(O)CCCCCCCCCCCCCCCCCCCC. The molecule has 0 aliphatic rings. The molecule has 0 radical (unpaired) electrons. The van der Waals surface area contributed by atoms with Gasteiger partial charge >= 0.3 is 5.97 Å². The number of nitrogens with one attached hydrogen (secondary N) is 1. The Labute approximate surface area is 462 Å².